The highest BCUT2D eigenvalue weighted by molar-refractivity contribution is 7.99. The standard InChI is InChI=1S/C51H67NO13S2Si/c1-7-66-51-44(52-67(55,56)28-29-68(4,5)6)47(59-32-40-24-16-10-17-25-40)45(43(64-51)35-58-31-39-22-14-9-15-23-39)65-50-49(60-33-41-26-18-11-19-27-41)48(62-37(3)54)46(61-36(2)53)42(63-50)34-57-30-38-20-12-8-13-21-38/h8-27,42-52H,7,28-35H2,1-6H3/t42?,43?,44-,45+,46-,47-,48-,49-,50?,51?/m0/s1. The SMILES string of the molecule is CCSC1OC(COCc2ccccc2)[C@@H](OC2OC(COCc3ccccc3)[C@H](OC(C)=O)[C@H](OC(C)=O)[C@@H]2OCc2ccccc2)[C@@H](OCc2ccccc2)[C@@H]1NS(=O)(=O)CC[Si](C)(C)C. The molecule has 370 valence electrons. The fourth-order valence-corrected chi connectivity index (χ4v) is 13.3. The Morgan fingerprint density at radius 1 is 0.603 bits per heavy atom. The first kappa shape index (κ1) is 53.4. The van der Waals surface area contributed by atoms with Crippen molar-refractivity contribution in [3.05, 3.63) is 144 Å². The van der Waals surface area contributed by atoms with Crippen molar-refractivity contribution in [1.29, 1.82) is 0 Å². The Labute approximate surface area is 407 Å². The summed E-state index contributed by atoms with van der Waals surface area (Å²) in [6.45, 7) is 11.4. The number of hydrogen-bond acceptors (Lipinski definition) is 14. The van der Waals surface area contributed by atoms with Gasteiger partial charge in [0.05, 0.1) is 51.4 Å². The quantitative estimate of drug-likeness (QED) is 0.0508. The molecule has 0 aromatic heterocycles. The molecule has 2 fully saturated rings. The number of benzene rings is 4. The topological polar surface area (TPSA) is 163 Å². The minimum absolute atomic E-state index is 0.00987. The summed E-state index contributed by atoms with van der Waals surface area (Å²) in [6.07, 6.45) is -9.06. The Morgan fingerprint density at radius 3 is 1.50 bits per heavy atom. The Bertz CT molecular complexity index is 2220. The lowest BCUT2D eigenvalue weighted by Gasteiger charge is -2.50. The molecule has 0 aliphatic carbocycles. The summed E-state index contributed by atoms with van der Waals surface area (Å²) in [5, 5.41) is 0. The second kappa shape index (κ2) is 26.3. The number of thioether (sulfide) groups is 1. The summed E-state index contributed by atoms with van der Waals surface area (Å²) in [6, 6.07) is 37.8. The average Bonchev–Trinajstić information content (AvgIpc) is 3.31. The molecule has 14 nitrogen and oxygen atoms in total. The minimum atomic E-state index is -3.90. The predicted octanol–water partition coefficient (Wildman–Crippen LogP) is 7.67. The van der Waals surface area contributed by atoms with Gasteiger partial charge >= 0.3 is 11.9 Å². The van der Waals surface area contributed by atoms with Crippen LogP contribution >= 0.6 is 11.8 Å². The maximum atomic E-state index is 14.2. The summed E-state index contributed by atoms with van der Waals surface area (Å²) in [5.41, 5.74) is 2.76. The van der Waals surface area contributed by atoms with Crippen molar-refractivity contribution in [2.45, 2.75) is 133 Å². The zero-order valence-corrected chi connectivity index (χ0v) is 42.4. The number of ether oxygens (including phenoxy) is 9. The highest BCUT2D eigenvalue weighted by atomic mass is 32.2. The van der Waals surface area contributed by atoms with Crippen LogP contribution in [0, 0.1) is 0 Å². The van der Waals surface area contributed by atoms with Gasteiger partial charge in [-0.25, -0.2) is 13.1 Å². The normalized spacial score (nSPS) is 25.4. The van der Waals surface area contributed by atoms with E-state index >= 15 is 0 Å². The molecule has 4 aromatic rings. The Balaban J connectivity index is 1.44. The van der Waals surface area contributed by atoms with Gasteiger partial charge in [0, 0.05) is 21.9 Å². The van der Waals surface area contributed by atoms with Crippen LogP contribution in [0.5, 0.6) is 0 Å². The molecule has 0 radical (unpaired) electrons. The number of carbonyl (C=O) groups excluding carboxylic acids is 2. The van der Waals surface area contributed by atoms with Crippen molar-refractivity contribution in [3.63, 3.8) is 0 Å². The lowest BCUT2D eigenvalue weighted by Crippen LogP contribution is -2.68. The van der Waals surface area contributed by atoms with Gasteiger partial charge in [-0.2, -0.15) is 0 Å². The molecule has 4 aromatic carbocycles. The van der Waals surface area contributed by atoms with E-state index < -0.39 is 90.5 Å². The third kappa shape index (κ3) is 16.9. The van der Waals surface area contributed by atoms with Crippen LogP contribution in [0.4, 0.5) is 0 Å². The fourth-order valence-electron chi connectivity index (χ4n) is 7.92. The number of hydrogen-bond donors (Lipinski definition) is 1. The van der Waals surface area contributed by atoms with Crippen LogP contribution in [0.1, 0.15) is 43.0 Å². The Hall–Kier alpha value is -3.98. The van der Waals surface area contributed by atoms with E-state index in [0.717, 1.165) is 22.3 Å². The van der Waals surface area contributed by atoms with Gasteiger partial charge in [-0.3, -0.25) is 9.59 Å². The van der Waals surface area contributed by atoms with Crippen LogP contribution in [0.15, 0.2) is 121 Å². The summed E-state index contributed by atoms with van der Waals surface area (Å²) in [7, 11) is -5.68. The van der Waals surface area contributed by atoms with E-state index in [1.807, 2.05) is 128 Å². The largest absolute Gasteiger partial charge is 0.456 e. The van der Waals surface area contributed by atoms with Gasteiger partial charge < -0.3 is 42.6 Å². The molecule has 10 atom stereocenters. The third-order valence-corrected chi connectivity index (χ3v) is 15.8. The molecule has 0 amide bonds. The number of rotatable bonds is 25. The van der Waals surface area contributed by atoms with Crippen LogP contribution in [-0.2, 0) is 88.7 Å². The van der Waals surface area contributed by atoms with E-state index in [-0.39, 0.29) is 45.4 Å². The smallest absolute Gasteiger partial charge is 0.303 e. The fraction of sp³-hybridized carbons (Fsp3) is 0.490. The van der Waals surface area contributed by atoms with Crippen LogP contribution in [-0.4, -0.2) is 114 Å². The monoisotopic (exact) mass is 993 g/mol. The zero-order valence-electron chi connectivity index (χ0n) is 39.8. The molecule has 2 aliphatic heterocycles. The number of carbonyl (C=O) groups is 2. The molecule has 2 aliphatic rings. The van der Waals surface area contributed by atoms with E-state index in [1.165, 1.54) is 25.6 Å². The molecule has 0 spiro atoms. The van der Waals surface area contributed by atoms with E-state index in [4.69, 9.17) is 42.6 Å². The maximum absolute atomic E-state index is 14.2. The molecule has 1 N–H and O–H groups in total. The van der Waals surface area contributed by atoms with Crippen molar-refractivity contribution >= 4 is 41.8 Å². The first-order valence-corrected chi connectivity index (χ1v) is 29.6. The molecule has 2 saturated heterocycles. The lowest BCUT2D eigenvalue weighted by molar-refractivity contribution is -0.346. The van der Waals surface area contributed by atoms with E-state index in [9.17, 15) is 18.0 Å². The molecule has 6 rings (SSSR count). The minimum Gasteiger partial charge on any atom is -0.456 e. The van der Waals surface area contributed by atoms with Crippen molar-refractivity contribution in [2.75, 3.05) is 24.7 Å². The molecule has 0 bridgehead atoms. The van der Waals surface area contributed by atoms with E-state index in [0.29, 0.717) is 11.8 Å². The van der Waals surface area contributed by atoms with Crippen molar-refractivity contribution in [2.24, 2.45) is 0 Å². The van der Waals surface area contributed by atoms with Gasteiger partial charge in [0.1, 0.15) is 36.0 Å². The van der Waals surface area contributed by atoms with Crippen molar-refractivity contribution in [3.8, 4) is 0 Å². The van der Waals surface area contributed by atoms with Gasteiger partial charge in [-0.1, -0.05) is 148 Å². The van der Waals surface area contributed by atoms with Crippen molar-refractivity contribution < 1.29 is 60.6 Å². The van der Waals surface area contributed by atoms with Gasteiger partial charge in [0.15, 0.2) is 18.5 Å². The summed E-state index contributed by atoms with van der Waals surface area (Å²) >= 11 is 1.45. The maximum Gasteiger partial charge on any atom is 0.303 e. The van der Waals surface area contributed by atoms with Gasteiger partial charge in [-0.05, 0) is 34.1 Å². The molecular weight excluding hydrogens is 927 g/mol. The summed E-state index contributed by atoms with van der Waals surface area (Å²) in [5.74, 6) is -0.773. The molecule has 0 saturated carbocycles. The van der Waals surface area contributed by atoms with Crippen LogP contribution in [0.2, 0.25) is 25.7 Å². The Kier molecular flexibility index (Phi) is 20.6. The van der Waals surface area contributed by atoms with Crippen LogP contribution in [0.25, 0.3) is 0 Å². The van der Waals surface area contributed by atoms with Crippen LogP contribution < -0.4 is 4.72 Å². The number of esters is 2. The van der Waals surface area contributed by atoms with Crippen molar-refractivity contribution in [1.82, 2.24) is 4.72 Å². The Morgan fingerprint density at radius 2 is 1.04 bits per heavy atom. The molecular formula is C51H67NO13S2Si. The van der Waals surface area contributed by atoms with Gasteiger partial charge in [-0.15, -0.1) is 11.8 Å². The second-order valence-corrected chi connectivity index (χ2v) is 27.0. The number of nitrogens with one attached hydrogen (secondary N) is 1. The first-order valence-electron chi connectivity index (χ1n) is 23.1. The predicted molar refractivity (Wildman–Crippen MR) is 263 cm³/mol. The second-order valence-electron chi connectivity index (χ2n) is 18.1. The van der Waals surface area contributed by atoms with Crippen LogP contribution in [0.3, 0.4) is 0 Å². The third-order valence-electron chi connectivity index (χ3n) is 11.3. The molecule has 17 heteroatoms. The van der Waals surface area contributed by atoms with Gasteiger partial charge in [0.25, 0.3) is 0 Å². The summed E-state index contributed by atoms with van der Waals surface area (Å²) < 4.78 is 90.5. The van der Waals surface area contributed by atoms with Gasteiger partial charge in [0.2, 0.25) is 10.0 Å². The summed E-state index contributed by atoms with van der Waals surface area (Å²) in [4.78, 5) is 25.9. The van der Waals surface area contributed by atoms with E-state index in [1.54, 1.807) is 0 Å². The molecule has 68 heavy (non-hydrogen) atoms. The first-order chi connectivity index (χ1) is 32.7. The lowest BCUT2D eigenvalue weighted by atomic mass is 9.95. The zero-order chi connectivity index (χ0) is 48.5. The molecule has 2 heterocycles. The highest BCUT2D eigenvalue weighted by Crippen LogP contribution is 2.37. The number of sulfonamides is 1. The van der Waals surface area contributed by atoms with E-state index in [2.05, 4.69) is 24.4 Å². The molecule has 4 unspecified atom stereocenters. The highest BCUT2D eigenvalue weighted by Gasteiger charge is 2.55. The average molecular weight is 994 g/mol.